The van der Waals surface area contributed by atoms with Gasteiger partial charge in [-0.25, -0.2) is 4.79 Å². The first-order valence-corrected chi connectivity index (χ1v) is 9.83. The summed E-state index contributed by atoms with van der Waals surface area (Å²) >= 11 is 0. The first-order valence-electron chi connectivity index (χ1n) is 8.39. The van der Waals surface area contributed by atoms with Crippen LogP contribution in [0.2, 0.25) is 0 Å². The van der Waals surface area contributed by atoms with Crippen molar-refractivity contribution in [1.29, 1.82) is 0 Å². The van der Waals surface area contributed by atoms with Crippen molar-refractivity contribution in [1.82, 2.24) is 0 Å². The van der Waals surface area contributed by atoms with E-state index in [1.54, 1.807) is 43.3 Å². The number of nitrogens with zero attached hydrogens (tertiary/aromatic N) is 1. The molecule has 0 aromatic heterocycles. The van der Waals surface area contributed by atoms with Gasteiger partial charge in [0.2, 0.25) is 0 Å². The molecule has 0 unspecified atom stereocenters. The first kappa shape index (κ1) is 18.4. The fourth-order valence-corrected chi connectivity index (χ4v) is 4.61. The number of sulfonamides is 1. The molecule has 1 aliphatic heterocycles. The zero-order valence-corrected chi connectivity index (χ0v) is 15.2. The highest BCUT2D eigenvalue weighted by Gasteiger charge is 2.42. The standard InChI is InChI=1S/C19H21NO5S/c1-14-17(12-21)11-16-9-5-6-10-18(16)20(14)26(23,24)19(22)25-13-15-7-3-2-4-8-15/h2-10,14,17,21H,11-13H2,1H3/t14-,17+/m1/s1. The summed E-state index contributed by atoms with van der Waals surface area (Å²) in [6.45, 7) is 1.41. The number of carbonyl (C=O) groups excluding carboxylic acids is 1. The average Bonchev–Trinajstić information content (AvgIpc) is 2.66. The molecule has 2 aromatic carbocycles. The number of rotatable bonds is 4. The van der Waals surface area contributed by atoms with Crippen molar-refractivity contribution >= 4 is 21.0 Å². The SMILES string of the molecule is C[C@@H]1[C@H](CO)Cc2ccccc2N1S(=O)(=O)C(=O)OCc1ccccc1. The molecule has 3 rings (SSSR count). The predicted molar refractivity (Wildman–Crippen MR) is 98.2 cm³/mol. The summed E-state index contributed by atoms with van der Waals surface area (Å²) in [7, 11) is -4.38. The summed E-state index contributed by atoms with van der Waals surface area (Å²) in [4.78, 5) is 12.4. The molecule has 6 nitrogen and oxygen atoms in total. The van der Waals surface area contributed by atoms with Crippen molar-refractivity contribution in [2.45, 2.75) is 26.0 Å². The minimum Gasteiger partial charge on any atom is -0.448 e. The van der Waals surface area contributed by atoms with Crippen molar-refractivity contribution < 1.29 is 23.1 Å². The highest BCUT2D eigenvalue weighted by molar-refractivity contribution is 8.06. The molecule has 0 saturated heterocycles. The summed E-state index contributed by atoms with van der Waals surface area (Å²) in [6, 6.07) is 15.3. The Kier molecular flexibility index (Phi) is 5.29. The second kappa shape index (κ2) is 7.47. The smallest absolute Gasteiger partial charge is 0.445 e. The number of carbonyl (C=O) groups is 1. The number of hydrogen-bond acceptors (Lipinski definition) is 5. The molecule has 26 heavy (non-hydrogen) atoms. The van der Waals surface area contributed by atoms with Gasteiger partial charge in [0.25, 0.3) is 0 Å². The van der Waals surface area contributed by atoms with Crippen molar-refractivity contribution in [3.63, 3.8) is 0 Å². The van der Waals surface area contributed by atoms with Gasteiger partial charge in [-0.15, -0.1) is 0 Å². The number of aliphatic hydroxyl groups is 1. The van der Waals surface area contributed by atoms with Gasteiger partial charge in [-0.1, -0.05) is 48.5 Å². The van der Waals surface area contributed by atoms with Gasteiger partial charge in [0.1, 0.15) is 6.61 Å². The van der Waals surface area contributed by atoms with Gasteiger partial charge in [-0.3, -0.25) is 4.31 Å². The summed E-state index contributed by atoms with van der Waals surface area (Å²) in [6.07, 6.45) is 0.554. The van der Waals surface area contributed by atoms with E-state index in [0.717, 1.165) is 9.87 Å². The number of ether oxygens (including phenoxy) is 1. The number of hydrogen-bond donors (Lipinski definition) is 1. The zero-order valence-electron chi connectivity index (χ0n) is 14.4. The molecule has 0 spiro atoms. The molecule has 1 heterocycles. The monoisotopic (exact) mass is 375 g/mol. The minimum absolute atomic E-state index is 0.119. The fraction of sp³-hybridized carbons (Fsp3) is 0.316. The Labute approximate surface area is 153 Å². The summed E-state index contributed by atoms with van der Waals surface area (Å²) in [5.74, 6) is -0.290. The van der Waals surface area contributed by atoms with E-state index in [0.29, 0.717) is 17.7 Å². The van der Waals surface area contributed by atoms with Crippen LogP contribution in [0.1, 0.15) is 18.1 Å². The van der Waals surface area contributed by atoms with Gasteiger partial charge < -0.3 is 9.84 Å². The molecule has 2 aromatic rings. The Balaban J connectivity index is 1.88. The Morgan fingerprint density at radius 2 is 1.81 bits per heavy atom. The maximum absolute atomic E-state index is 12.9. The summed E-state index contributed by atoms with van der Waals surface area (Å²) in [5, 5.41) is 8.33. The van der Waals surface area contributed by atoms with Crippen LogP contribution in [-0.4, -0.2) is 31.5 Å². The number of fused-ring (bicyclic) bond motifs is 1. The molecule has 1 aliphatic rings. The van der Waals surface area contributed by atoms with Gasteiger partial charge >= 0.3 is 15.3 Å². The second-order valence-corrected chi connectivity index (χ2v) is 8.02. The van der Waals surface area contributed by atoms with Crippen LogP contribution in [0.3, 0.4) is 0 Å². The van der Waals surface area contributed by atoms with Gasteiger partial charge in [-0.2, -0.15) is 8.42 Å². The van der Waals surface area contributed by atoms with Crippen LogP contribution in [0.5, 0.6) is 0 Å². The topological polar surface area (TPSA) is 83.9 Å². The van der Waals surface area contributed by atoms with Crippen molar-refractivity contribution in [3.05, 3.63) is 65.7 Å². The molecule has 0 bridgehead atoms. The van der Waals surface area contributed by atoms with Crippen LogP contribution < -0.4 is 4.31 Å². The number of para-hydroxylation sites is 1. The van der Waals surface area contributed by atoms with E-state index in [1.165, 1.54) is 0 Å². The maximum Gasteiger partial charge on any atom is 0.445 e. The number of aliphatic hydroxyl groups excluding tert-OH is 1. The molecule has 2 atom stereocenters. The Morgan fingerprint density at radius 3 is 2.50 bits per heavy atom. The lowest BCUT2D eigenvalue weighted by atomic mass is 9.89. The summed E-state index contributed by atoms with van der Waals surface area (Å²) in [5.41, 5.74) is 1.95. The molecular weight excluding hydrogens is 354 g/mol. The van der Waals surface area contributed by atoms with Crippen LogP contribution in [0, 0.1) is 5.92 Å². The highest BCUT2D eigenvalue weighted by Crippen LogP contribution is 2.36. The van der Waals surface area contributed by atoms with Crippen molar-refractivity contribution in [3.8, 4) is 0 Å². The van der Waals surface area contributed by atoms with E-state index in [2.05, 4.69) is 0 Å². The van der Waals surface area contributed by atoms with Gasteiger partial charge in [0.05, 0.1) is 5.69 Å². The lowest BCUT2D eigenvalue weighted by Gasteiger charge is -2.39. The van der Waals surface area contributed by atoms with E-state index < -0.39 is 21.4 Å². The van der Waals surface area contributed by atoms with Crippen LogP contribution >= 0.6 is 0 Å². The highest BCUT2D eigenvalue weighted by atomic mass is 32.2. The second-order valence-electron chi connectivity index (χ2n) is 6.34. The predicted octanol–water partition coefficient (Wildman–Crippen LogP) is 2.71. The molecule has 0 aliphatic carbocycles. The lowest BCUT2D eigenvalue weighted by molar-refractivity contribution is 0.165. The lowest BCUT2D eigenvalue weighted by Crippen LogP contribution is -2.50. The molecule has 1 N–H and O–H groups in total. The molecule has 0 fully saturated rings. The third-order valence-electron chi connectivity index (χ3n) is 4.67. The van der Waals surface area contributed by atoms with Crippen molar-refractivity contribution in [2.24, 2.45) is 5.92 Å². The zero-order chi connectivity index (χ0) is 18.7. The largest absolute Gasteiger partial charge is 0.448 e. The van der Waals surface area contributed by atoms with Crippen LogP contribution in [0.25, 0.3) is 0 Å². The third-order valence-corrected chi connectivity index (χ3v) is 6.25. The molecule has 0 saturated carbocycles. The van der Waals surface area contributed by atoms with E-state index in [-0.39, 0.29) is 19.1 Å². The van der Waals surface area contributed by atoms with E-state index in [9.17, 15) is 18.3 Å². The van der Waals surface area contributed by atoms with Crippen LogP contribution in [0.15, 0.2) is 54.6 Å². The summed E-state index contributed by atoms with van der Waals surface area (Å²) < 4.78 is 32.0. The minimum atomic E-state index is -4.38. The Hall–Kier alpha value is -2.38. The number of anilines is 1. The Bertz CT molecular complexity index is 882. The quantitative estimate of drug-likeness (QED) is 0.831. The number of benzene rings is 2. The van der Waals surface area contributed by atoms with E-state index in [1.807, 2.05) is 18.2 Å². The first-order chi connectivity index (χ1) is 12.4. The van der Waals surface area contributed by atoms with Gasteiger partial charge in [0, 0.05) is 18.6 Å². The van der Waals surface area contributed by atoms with Gasteiger partial charge in [0.15, 0.2) is 0 Å². The third kappa shape index (κ3) is 3.45. The van der Waals surface area contributed by atoms with Crippen molar-refractivity contribution in [2.75, 3.05) is 10.9 Å². The maximum atomic E-state index is 12.9. The normalized spacial score (nSPS) is 19.7. The molecule has 138 valence electrons. The fourth-order valence-electron chi connectivity index (χ4n) is 3.20. The average molecular weight is 375 g/mol. The molecule has 0 radical (unpaired) electrons. The van der Waals surface area contributed by atoms with Crippen LogP contribution in [0.4, 0.5) is 10.5 Å². The molecule has 0 amide bonds. The molecular formula is C19H21NO5S. The van der Waals surface area contributed by atoms with E-state index >= 15 is 0 Å². The van der Waals surface area contributed by atoms with Gasteiger partial charge in [-0.05, 0) is 30.5 Å². The molecule has 7 heteroatoms. The van der Waals surface area contributed by atoms with Crippen LogP contribution in [-0.2, 0) is 27.8 Å². The van der Waals surface area contributed by atoms with E-state index in [4.69, 9.17) is 4.74 Å². The Morgan fingerprint density at radius 1 is 1.15 bits per heavy atom.